The van der Waals surface area contributed by atoms with Crippen LogP contribution in [0.2, 0.25) is 0 Å². The van der Waals surface area contributed by atoms with Crippen molar-refractivity contribution in [1.29, 1.82) is 0 Å². The summed E-state index contributed by atoms with van der Waals surface area (Å²) in [7, 11) is 0. The number of para-hydroxylation sites is 1. The molecule has 1 N–H and O–H groups in total. The number of thiazole rings is 1. The van der Waals surface area contributed by atoms with Crippen LogP contribution in [-0.2, 0) is 4.79 Å². The van der Waals surface area contributed by atoms with E-state index in [1.165, 1.54) is 11.3 Å². The third-order valence-electron chi connectivity index (χ3n) is 5.54. The third-order valence-corrected chi connectivity index (χ3v) is 6.53. The second-order valence-electron chi connectivity index (χ2n) is 7.59. The monoisotopic (exact) mass is 448 g/mol. The van der Waals surface area contributed by atoms with Crippen LogP contribution < -0.4 is 14.8 Å². The molecule has 1 aliphatic rings. The Hall–Kier alpha value is -3.39. The van der Waals surface area contributed by atoms with Crippen molar-refractivity contribution in [3.05, 3.63) is 59.3 Å². The minimum absolute atomic E-state index is 0.0466. The third kappa shape index (κ3) is 3.50. The van der Waals surface area contributed by atoms with Gasteiger partial charge >= 0.3 is 0 Å². The van der Waals surface area contributed by atoms with E-state index >= 15 is 0 Å². The fraction of sp³-hybridized carbons (Fsp3) is 0.292. The summed E-state index contributed by atoms with van der Waals surface area (Å²) in [5, 5.41) is 8.52. The van der Waals surface area contributed by atoms with Crippen LogP contribution in [0.1, 0.15) is 43.0 Å². The summed E-state index contributed by atoms with van der Waals surface area (Å²) in [5.74, 6) is 2.12. The molecule has 7 nitrogen and oxygen atoms in total. The van der Waals surface area contributed by atoms with Crippen LogP contribution in [0, 0.1) is 6.92 Å². The Morgan fingerprint density at radius 3 is 2.78 bits per heavy atom. The minimum atomic E-state index is -0.130. The van der Waals surface area contributed by atoms with E-state index in [1.807, 2.05) is 63.2 Å². The Morgan fingerprint density at radius 1 is 1.16 bits per heavy atom. The van der Waals surface area contributed by atoms with E-state index in [0.29, 0.717) is 30.6 Å². The van der Waals surface area contributed by atoms with Gasteiger partial charge in [-0.25, -0.2) is 4.98 Å². The molecule has 0 saturated carbocycles. The van der Waals surface area contributed by atoms with Gasteiger partial charge in [-0.1, -0.05) is 29.5 Å². The number of ether oxygens (including phenoxy) is 2. The number of fused-ring (bicyclic) bond motifs is 2. The zero-order valence-corrected chi connectivity index (χ0v) is 19.0. The first kappa shape index (κ1) is 20.5. The summed E-state index contributed by atoms with van der Waals surface area (Å²) in [6.07, 6.45) is 0.348. The molecule has 2 aromatic carbocycles. The average molecular weight is 449 g/mol. The van der Waals surface area contributed by atoms with Crippen molar-refractivity contribution in [2.75, 3.05) is 18.5 Å². The molecule has 0 spiro atoms. The minimum Gasteiger partial charge on any atom is -0.494 e. The molecule has 1 atom stereocenters. The zero-order valence-electron chi connectivity index (χ0n) is 18.2. The fourth-order valence-corrected chi connectivity index (χ4v) is 5.20. The van der Waals surface area contributed by atoms with Gasteiger partial charge in [-0.3, -0.25) is 4.79 Å². The molecule has 2 aromatic heterocycles. The number of aromatic nitrogens is 3. The first-order valence-corrected chi connectivity index (χ1v) is 11.6. The number of carbonyl (C=O) groups excluding carboxylic acids is 1. The molecule has 0 radical (unpaired) electrons. The molecule has 0 unspecified atom stereocenters. The second-order valence-corrected chi connectivity index (χ2v) is 8.60. The van der Waals surface area contributed by atoms with Crippen molar-refractivity contribution in [3.63, 3.8) is 0 Å². The molecule has 3 heterocycles. The standard InChI is InChI=1S/C24H24N4O3S/c1-4-30-15-10-11-18-20(12-15)32-24(25-18)28-23-22(14(3)27-28)17(13-21(29)26-23)16-8-6-7-9-19(16)31-5-2/h6-12,17H,4-5,13H2,1-3H3,(H,26,29)/t17-/m0/s1. The molecule has 0 aliphatic carbocycles. The van der Waals surface area contributed by atoms with E-state index in [1.54, 1.807) is 4.68 Å². The van der Waals surface area contributed by atoms with Crippen molar-refractivity contribution in [2.24, 2.45) is 0 Å². The predicted octanol–water partition coefficient (Wildman–Crippen LogP) is 5.06. The largest absolute Gasteiger partial charge is 0.494 e. The van der Waals surface area contributed by atoms with Crippen LogP contribution in [0.25, 0.3) is 15.3 Å². The molecule has 164 valence electrons. The molecule has 0 saturated heterocycles. The van der Waals surface area contributed by atoms with E-state index in [9.17, 15) is 4.79 Å². The lowest BCUT2D eigenvalue weighted by atomic mass is 9.85. The van der Waals surface area contributed by atoms with E-state index in [-0.39, 0.29) is 11.8 Å². The molecule has 0 fully saturated rings. The highest BCUT2D eigenvalue weighted by Crippen LogP contribution is 2.43. The predicted molar refractivity (Wildman–Crippen MR) is 125 cm³/mol. The lowest BCUT2D eigenvalue weighted by Gasteiger charge is -2.25. The van der Waals surface area contributed by atoms with Crippen molar-refractivity contribution >= 4 is 33.3 Å². The van der Waals surface area contributed by atoms with Crippen LogP contribution in [0.3, 0.4) is 0 Å². The smallest absolute Gasteiger partial charge is 0.226 e. The summed E-state index contributed by atoms with van der Waals surface area (Å²) < 4.78 is 14.2. The van der Waals surface area contributed by atoms with Crippen molar-refractivity contribution in [2.45, 2.75) is 33.1 Å². The molecule has 1 aliphatic heterocycles. The Bertz CT molecular complexity index is 1310. The highest BCUT2D eigenvalue weighted by Gasteiger charge is 2.34. The Morgan fingerprint density at radius 2 is 1.97 bits per heavy atom. The van der Waals surface area contributed by atoms with E-state index in [0.717, 1.165) is 38.5 Å². The maximum Gasteiger partial charge on any atom is 0.226 e. The maximum absolute atomic E-state index is 12.7. The van der Waals surface area contributed by atoms with Gasteiger partial charge in [0.25, 0.3) is 0 Å². The summed E-state index contributed by atoms with van der Waals surface area (Å²) >= 11 is 1.52. The summed E-state index contributed by atoms with van der Waals surface area (Å²) in [5.41, 5.74) is 3.74. The van der Waals surface area contributed by atoms with Gasteiger partial charge < -0.3 is 14.8 Å². The molecule has 1 amide bonds. The summed E-state index contributed by atoms with van der Waals surface area (Å²) in [6.45, 7) is 7.08. The number of benzene rings is 2. The van der Waals surface area contributed by atoms with Crippen LogP contribution >= 0.6 is 11.3 Å². The SMILES string of the molecule is CCOc1ccc2nc(-n3nc(C)c4c3NC(=O)C[C@H]4c3ccccc3OCC)sc2c1. The highest BCUT2D eigenvalue weighted by molar-refractivity contribution is 7.20. The molecule has 0 bridgehead atoms. The molecule has 32 heavy (non-hydrogen) atoms. The normalized spacial score (nSPS) is 15.5. The van der Waals surface area contributed by atoms with Crippen LogP contribution in [-0.4, -0.2) is 33.9 Å². The fourth-order valence-electron chi connectivity index (χ4n) is 4.25. The lowest BCUT2D eigenvalue weighted by Crippen LogP contribution is -2.25. The van der Waals surface area contributed by atoms with Crippen molar-refractivity contribution < 1.29 is 14.3 Å². The number of hydrogen-bond acceptors (Lipinski definition) is 6. The van der Waals surface area contributed by atoms with E-state index in [2.05, 4.69) is 5.32 Å². The van der Waals surface area contributed by atoms with Gasteiger partial charge in [0.05, 0.1) is 29.1 Å². The van der Waals surface area contributed by atoms with Gasteiger partial charge in [-0.2, -0.15) is 9.78 Å². The van der Waals surface area contributed by atoms with E-state index in [4.69, 9.17) is 19.6 Å². The number of aryl methyl sites for hydroxylation is 1. The van der Waals surface area contributed by atoms with Crippen LogP contribution in [0.15, 0.2) is 42.5 Å². The number of carbonyl (C=O) groups is 1. The quantitative estimate of drug-likeness (QED) is 0.446. The first-order chi connectivity index (χ1) is 15.6. The number of rotatable bonds is 6. The number of hydrogen-bond donors (Lipinski definition) is 1. The van der Waals surface area contributed by atoms with Gasteiger partial charge in [0.1, 0.15) is 17.3 Å². The van der Waals surface area contributed by atoms with Crippen LogP contribution in [0.5, 0.6) is 11.5 Å². The second kappa shape index (κ2) is 8.27. The highest BCUT2D eigenvalue weighted by atomic mass is 32.1. The maximum atomic E-state index is 12.7. The summed E-state index contributed by atoms with van der Waals surface area (Å²) in [6, 6.07) is 13.8. The molecule has 8 heteroatoms. The average Bonchev–Trinajstić information content (AvgIpc) is 3.34. The number of nitrogens with one attached hydrogen (secondary N) is 1. The van der Waals surface area contributed by atoms with Crippen molar-refractivity contribution in [3.8, 4) is 16.6 Å². The van der Waals surface area contributed by atoms with Gasteiger partial charge in [0.2, 0.25) is 11.0 Å². The van der Waals surface area contributed by atoms with E-state index < -0.39 is 0 Å². The molecule has 4 aromatic rings. The summed E-state index contributed by atoms with van der Waals surface area (Å²) in [4.78, 5) is 17.5. The first-order valence-electron chi connectivity index (χ1n) is 10.7. The Kier molecular flexibility index (Phi) is 5.30. The van der Waals surface area contributed by atoms with Gasteiger partial charge in [0.15, 0.2) is 0 Å². The molecule has 5 rings (SSSR count). The van der Waals surface area contributed by atoms with Crippen molar-refractivity contribution in [1.82, 2.24) is 14.8 Å². The topological polar surface area (TPSA) is 78.3 Å². The molecular formula is C24H24N4O3S. The lowest BCUT2D eigenvalue weighted by molar-refractivity contribution is -0.116. The Balaban J connectivity index is 1.62. The number of amides is 1. The van der Waals surface area contributed by atoms with Gasteiger partial charge in [0, 0.05) is 23.5 Å². The van der Waals surface area contributed by atoms with Gasteiger partial charge in [-0.15, -0.1) is 0 Å². The number of nitrogens with zero attached hydrogens (tertiary/aromatic N) is 3. The molecular weight excluding hydrogens is 424 g/mol. The van der Waals surface area contributed by atoms with Crippen LogP contribution in [0.4, 0.5) is 5.82 Å². The Labute approximate surface area is 190 Å². The zero-order chi connectivity index (χ0) is 22.2. The van der Waals surface area contributed by atoms with Gasteiger partial charge in [-0.05, 0) is 45.0 Å². The number of anilines is 1.